The summed E-state index contributed by atoms with van der Waals surface area (Å²) in [7, 11) is -3.56. The van der Waals surface area contributed by atoms with Crippen LogP contribution < -0.4 is 10.6 Å². The van der Waals surface area contributed by atoms with E-state index >= 15 is 0 Å². The molecular formula is C18H25ClIN3O3S. The Kier molecular flexibility index (Phi) is 7.26. The van der Waals surface area contributed by atoms with Crippen LogP contribution in [0.5, 0.6) is 0 Å². The summed E-state index contributed by atoms with van der Waals surface area (Å²) in [6.07, 6.45) is 6.86. The summed E-state index contributed by atoms with van der Waals surface area (Å²) in [6.45, 7) is 0.382. The molecule has 2 amide bonds. The summed E-state index contributed by atoms with van der Waals surface area (Å²) in [5.74, 6) is 0. The number of nitrogens with zero attached hydrogens (tertiary/aromatic N) is 1. The Balaban J connectivity index is 1.55. The van der Waals surface area contributed by atoms with E-state index in [4.69, 9.17) is 11.6 Å². The van der Waals surface area contributed by atoms with Gasteiger partial charge in [0.05, 0.1) is 8.94 Å². The molecule has 1 saturated carbocycles. The van der Waals surface area contributed by atoms with Crippen LogP contribution >= 0.6 is 34.2 Å². The van der Waals surface area contributed by atoms with Gasteiger partial charge in [-0.05, 0) is 49.9 Å². The maximum absolute atomic E-state index is 12.9. The molecule has 2 fully saturated rings. The highest BCUT2D eigenvalue weighted by molar-refractivity contribution is 14.1. The van der Waals surface area contributed by atoms with Gasteiger partial charge in [-0.2, -0.15) is 4.31 Å². The van der Waals surface area contributed by atoms with Gasteiger partial charge in [-0.15, -0.1) is 0 Å². The molecule has 0 spiro atoms. The van der Waals surface area contributed by atoms with Gasteiger partial charge in [-0.3, -0.25) is 0 Å². The number of piperidine rings is 1. The van der Waals surface area contributed by atoms with Crippen molar-refractivity contribution in [2.75, 3.05) is 6.54 Å². The summed E-state index contributed by atoms with van der Waals surface area (Å²) in [5.41, 5.74) is 0. The van der Waals surface area contributed by atoms with Crippen molar-refractivity contribution in [1.82, 2.24) is 14.9 Å². The van der Waals surface area contributed by atoms with Gasteiger partial charge in [0.1, 0.15) is 0 Å². The number of halogens is 2. The number of hydrogen-bond acceptors (Lipinski definition) is 3. The first kappa shape index (κ1) is 21.1. The fraction of sp³-hybridized carbons (Fsp3) is 0.611. The van der Waals surface area contributed by atoms with Crippen molar-refractivity contribution in [2.24, 2.45) is 0 Å². The molecule has 1 aliphatic carbocycles. The first-order valence-corrected chi connectivity index (χ1v) is 12.4. The van der Waals surface area contributed by atoms with Crippen LogP contribution in [0.15, 0.2) is 29.2 Å². The fourth-order valence-corrected chi connectivity index (χ4v) is 7.10. The van der Waals surface area contributed by atoms with Gasteiger partial charge >= 0.3 is 6.03 Å². The van der Waals surface area contributed by atoms with E-state index in [1.165, 1.54) is 35.7 Å². The molecule has 150 valence electrons. The van der Waals surface area contributed by atoms with E-state index in [1.807, 2.05) is 0 Å². The molecule has 6 nitrogen and oxygen atoms in total. The molecule has 2 aliphatic rings. The number of alkyl halides is 1. The summed E-state index contributed by atoms with van der Waals surface area (Å²) in [4.78, 5) is 12.5. The molecule has 0 aromatic heterocycles. The van der Waals surface area contributed by atoms with Gasteiger partial charge in [-0.1, -0.05) is 53.5 Å². The van der Waals surface area contributed by atoms with Gasteiger partial charge < -0.3 is 10.6 Å². The fourth-order valence-electron chi connectivity index (χ4n) is 3.70. The van der Waals surface area contributed by atoms with Crippen molar-refractivity contribution in [1.29, 1.82) is 0 Å². The monoisotopic (exact) mass is 525 g/mol. The lowest BCUT2D eigenvalue weighted by Gasteiger charge is -2.36. The maximum atomic E-state index is 12.9. The Hall–Kier alpha value is -0.580. The zero-order valence-corrected chi connectivity index (χ0v) is 18.8. The van der Waals surface area contributed by atoms with E-state index < -0.39 is 10.0 Å². The zero-order valence-electron chi connectivity index (χ0n) is 15.0. The number of amides is 2. The first-order chi connectivity index (χ1) is 12.9. The van der Waals surface area contributed by atoms with E-state index in [9.17, 15) is 13.2 Å². The molecule has 3 rings (SSSR count). The topological polar surface area (TPSA) is 78.5 Å². The molecule has 1 aliphatic heterocycles. The minimum absolute atomic E-state index is 0.0211. The smallest absolute Gasteiger partial charge is 0.315 e. The van der Waals surface area contributed by atoms with E-state index in [-0.39, 0.29) is 27.1 Å². The van der Waals surface area contributed by atoms with Crippen LogP contribution in [-0.2, 0) is 10.0 Å². The second kappa shape index (κ2) is 9.28. The molecule has 1 aromatic carbocycles. The maximum Gasteiger partial charge on any atom is 0.315 e. The average Bonchev–Trinajstić information content (AvgIpc) is 2.62. The van der Waals surface area contributed by atoms with Gasteiger partial charge in [0.15, 0.2) is 0 Å². The Morgan fingerprint density at radius 1 is 1.04 bits per heavy atom. The van der Waals surface area contributed by atoms with Crippen molar-refractivity contribution in [3.8, 4) is 0 Å². The molecule has 9 heteroatoms. The third-order valence-electron chi connectivity index (χ3n) is 5.19. The highest BCUT2D eigenvalue weighted by Gasteiger charge is 2.36. The van der Waals surface area contributed by atoms with E-state index in [0.717, 1.165) is 12.8 Å². The molecule has 2 N–H and O–H groups in total. The molecule has 1 saturated heterocycles. The van der Waals surface area contributed by atoms with Gasteiger partial charge in [-0.25, -0.2) is 13.2 Å². The second-order valence-corrected chi connectivity index (χ2v) is 10.9. The summed E-state index contributed by atoms with van der Waals surface area (Å²) >= 11 is 8.00. The number of sulfonamides is 1. The molecule has 2 atom stereocenters. The summed E-state index contributed by atoms with van der Waals surface area (Å²) in [6, 6.07) is 6.34. The van der Waals surface area contributed by atoms with Crippen LogP contribution in [0.4, 0.5) is 4.79 Å². The van der Waals surface area contributed by atoms with E-state index in [0.29, 0.717) is 24.4 Å². The van der Waals surface area contributed by atoms with Crippen LogP contribution in [0.25, 0.3) is 0 Å². The van der Waals surface area contributed by atoms with E-state index in [2.05, 4.69) is 33.2 Å². The van der Waals surface area contributed by atoms with Crippen LogP contribution in [0.1, 0.15) is 44.9 Å². The second-order valence-electron chi connectivity index (χ2n) is 7.18. The average molecular weight is 526 g/mol. The first-order valence-electron chi connectivity index (χ1n) is 9.35. The van der Waals surface area contributed by atoms with E-state index in [1.54, 1.807) is 12.1 Å². The Morgan fingerprint density at radius 3 is 2.30 bits per heavy atom. The highest BCUT2D eigenvalue weighted by atomic mass is 127. The summed E-state index contributed by atoms with van der Waals surface area (Å²) < 4.78 is 27.1. The van der Waals surface area contributed by atoms with Crippen molar-refractivity contribution >= 4 is 50.2 Å². The number of carbonyl (C=O) groups excluding carboxylic acids is 1. The Bertz CT molecular complexity index is 754. The quantitative estimate of drug-likeness (QED) is 0.356. The molecule has 0 radical (unpaired) electrons. The minimum Gasteiger partial charge on any atom is -0.335 e. The lowest BCUT2D eigenvalue weighted by Crippen LogP contribution is -2.52. The van der Waals surface area contributed by atoms with Crippen LogP contribution in [0, 0.1) is 0 Å². The number of urea groups is 1. The molecule has 27 heavy (non-hydrogen) atoms. The number of rotatable bonds is 4. The van der Waals surface area contributed by atoms with Crippen molar-refractivity contribution < 1.29 is 13.2 Å². The minimum atomic E-state index is -3.56. The van der Waals surface area contributed by atoms with Crippen LogP contribution in [0.2, 0.25) is 5.02 Å². The number of nitrogens with one attached hydrogen (secondary N) is 2. The predicted octanol–water partition coefficient (Wildman–Crippen LogP) is 3.89. The number of carbonyl (C=O) groups is 1. The SMILES string of the molecule is O=C(NC1CCCCC1)NC1CCN(S(=O)(=O)c2ccc(Cl)cc2)C(I)C1. The number of benzene rings is 1. The summed E-state index contributed by atoms with van der Waals surface area (Å²) in [5, 5.41) is 6.59. The Morgan fingerprint density at radius 2 is 1.67 bits per heavy atom. The van der Waals surface area contributed by atoms with Gasteiger partial charge in [0.2, 0.25) is 10.0 Å². The normalized spacial score (nSPS) is 25.1. The Labute approximate surface area is 179 Å². The molecule has 2 unspecified atom stereocenters. The lowest BCUT2D eigenvalue weighted by atomic mass is 9.96. The molecule has 1 aromatic rings. The predicted molar refractivity (Wildman–Crippen MR) is 115 cm³/mol. The van der Waals surface area contributed by atoms with Crippen molar-refractivity contribution in [3.63, 3.8) is 0 Å². The largest absolute Gasteiger partial charge is 0.335 e. The molecular weight excluding hydrogens is 501 g/mol. The molecule has 1 heterocycles. The van der Waals surface area contributed by atoms with Crippen LogP contribution in [-0.4, -0.2) is 41.4 Å². The molecule has 0 bridgehead atoms. The van der Waals surface area contributed by atoms with Crippen molar-refractivity contribution in [2.45, 2.75) is 66.0 Å². The number of hydrogen-bond donors (Lipinski definition) is 2. The van der Waals surface area contributed by atoms with Gasteiger partial charge in [0, 0.05) is 23.7 Å². The standard InChI is InChI=1S/C18H25ClIN3O3S/c19-13-6-8-16(9-7-13)27(25,26)23-11-10-15(12-17(23)20)22-18(24)21-14-4-2-1-3-5-14/h6-9,14-15,17H,1-5,10-12H2,(H2,21,22,24). The third-order valence-corrected chi connectivity index (χ3v) is 8.92. The highest BCUT2D eigenvalue weighted by Crippen LogP contribution is 2.29. The lowest BCUT2D eigenvalue weighted by molar-refractivity contribution is 0.219. The zero-order chi connectivity index (χ0) is 19.4. The van der Waals surface area contributed by atoms with Crippen molar-refractivity contribution in [3.05, 3.63) is 29.3 Å². The third kappa shape index (κ3) is 5.48. The van der Waals surface area contributed by atoms with Crippen LogP contribution in [0.3, 0.4) is 0 Å². The van der Waals surface area contributed by atoms with Gasteiger partial charge in [0.25, 0.3) is 0 Å².